The largest absolute Gasteiger partial charge is 0.756 e. The molecule has 1 atom stereocenters. The van der Waals surface area contributed by atoms with Crippen LogP contribution in [0.15, 0.2) is 12.1 Å². The van der Waals surface area contributed by atoms with Crippen LogP contribution >= 0.6 is 11.6 Å². The van der Waals surface area contributed by atoms with Crippen LogP contribution in [0.25, 0.3) is 0 Å². The van der Waals surface area contributed by atoms with Crippen molar-refractivity contribution in [1.29, 1.82) is 0 Å². The summed E-state index contributed by atoms with van der Waals surface area (Å²) in [5.41, 5.74) is 0.963. The summed E-state index contributed by atoms with van der Waals surface area (Å²) in [6.07, 6.45) is 1.96. The molecule has 0 saturated carbocycles. The van der Waals surface area contributed by atoms with E-state index in [4.69, 9.17) is 16.3 Å². The van der Waals surface area contributed by atoms with Gasteiger partial charge in [0.15, 0.2) is 0 Å². The van der Waals surface area contributed by atoms with E-state index >= 15 is 0 Å². The summed E-state index contributed by atoms with van der Waals surface area (Å²) in [5.74, 6) is 0.0898. The molecule has 1 unspecified atom stereocenters. The normalized spacial score (nSPS) is 25.5. The van der Waals surface area contributed by atoms with E-state index in [9.17, 15) is 10.0 Å². The molecule has 3 aliphatic rings. The Morgan fingerprint density at radius 2 is 2.00 bits per heavy atom. The first-order valence-corrected chi connectivity index (χ1v) is 8.58. The fraction of sp³-hybridized carbons (Fsp3) is 0.588. The molecule has 3 fully saturated rings. The lowest BCUT2D eigenvalue weighted by Gasteiger charge is -2.51. The van der Waals surface area contributed by atoms with E-state index in [2.05, 4.69) is 4.90 Å². The maximum atomic E-state index is 12.8. The van der Waals surface area contributed by atoms with Crippen molar-refractivity contribution >= 4 is 23.2 Å². The maximum Gasteiger partial charge on any atom is 0.247 e. The third kappa shape index (κ3) is 3.06. The van der Waals surface area contributed by atoms with Crippen molar-refractivity contribution < 1.29 is 9.53 Å². The van der Waals surface area contributed by atoms with Crippen LogP contribution in [0.5, 0.6) is 5.75 Å². The van der Waals surface area contributed by atoms with Crippen LogP contribution in [0.3, 0.4) is 0 Å². The zero-order chi connectivity index (χ0) is 17.4. The molecule has 3 heterocycles. The third-order valence-corrected chi connectivity index (χ3v) is 5.41. The Labute approximate surface area is 147 Å². The molecule has 3 saturated heterocycles. The minimum Gasteiger partial charge on any atom is -0.756 e. The number of hydrogen-bond acceptors (Lipinski definition) is 5. The molecule has 0 aromatic heterocycles. The number of ether oxygens (including phenoxy) is 1. The molecule has 1 aromatic carbocycles. The number of carbonyl (C=O) groups excluding carboxylic acids is 1. The van der Waals surface area contributed by atoms with E-state index in [1.54, 1.807) is 6.07 Å². The van der Waals surface area contributed by atoms with Gasteiger partial charge in [0.25, 0.3) is 0 Å². The van der Waals surface area contributed by atoms with E-state index < -0.39 is 5.91 Å². The van der Waals surface area contributed by atoms with Crippen molar-refractivity contribution in [2.24, 2.45) is 5.92 Å². The van der Waals surface area contributed by atoms with Crippen molar-refractivity contribution in [3.63, 3.8) is 0 Å². The fourth-order valence-corrected chi connectivity index (χ4v) is 4.02. The van der Waals surface area contributed by atoms with Gasteiger partial charge in [-0.25, -0.2) is 0 Å². The lowest BCUT2D eigenvalue weighted by atomic mass is 9.83. The van der Waals surface area contributed by atoms with Crippen molar-refractivity contribution in [3.8, 4) is 5.75 Å². The summed E-state index contributed by atoms with van der Waals surface area (Å²) >= 11 is 6.27. The van der Waals surface area contributed by atoms with Gasteiger partial charge in [-0.1, -0.05) is 11.6 Å². The first-order valence-electron chi connectivity index (χ1n) is 8.20. The minimum absolute atomic E-state index is 0.222. The van der Waals surface area contributed by atoms with Crippen molar-refractivity contribution in [2.75, 3.05) is 45.7 Å². The third-order valence-electron chi connectivity index (χ3n) is 5.10. The van der Waals surface area contributed by atoms with Gasteiger partial charge >= 0.3 is 0 Å². The van der Waals surface area contributed by atoms with Crippen LogP contribution in [-0.2, 0) is 0 Å². The standard InChI is InChI=1S/C17H23ClN3O3/c1-19(2)14-9-16(24-3)12(8-13(14)18)17(22)21(23)15-10-20-6-4-11(15)5-7-20/h8-9,11,15H,4-7,10H2,1-3H3/q-1. The lowest BCUT2D eigenvalue weighted by molar-refractivity contribution is 0.0229. The van der Waals surface area contributed by atoms with Crippen LogP contribution in [0.2, 0.25) is 5.02 Å². The number of amides is 1. The van der Waals surface area contributed by atoms with Crippen molar-refractivity contribution in [3.05, 3.63) is 27.9 Å². The first-order chi connectivity index (χ1) is 11.4. The number of benzene rings is 1. The summed E-state index contributed by atoms with van der Waals surface area (Å²) in [6.45, 7) is 2.71. The van der Waals surface area contributed by atoms with Crippen LogP contribution in [0.1, 0.15) is 23.2 Å². The molecule has 7 heteroatoms. The van der Waals surface area contributed by atoms with Gasteiger partial charge in [0.05, 0.1) is 23.4 Å². The Hall–Kier alpha value is -1.50. The van der Waals surface area contributed by atoms with Gasteiger partial charge in [0.2, 0.25) is 5.91 Å². The lowest BCUT2D eigenvalue weighted by Crippen LogP contribution is -2.57. The number of hydrogen-bond donors (Lipinski definition) is 0. The predicted molar refractivity (Wildman–Crippen MR) is 94.8 cm³/mol. The monoisotopic (exact) mass is 352 g/mol. The number of piperidine rings is 3. The highest BCUT2D eigenvalue weighted by atomic mass is 35.5. The molecule has 0 radical (unpaired) electrons. The van der Waals surface area contributed by atoms with E-state index in [0.717, 1.165) is 31.6 Å². The van der Waals surface area contributed by atoms with Gasteiger partial charge < -0.3 is 24.8 Å². The zero-order valence-electron chi connectivity index (χ0n) is 14.3. The average Bonchev–Trinajstić information content (AvgIpc) is 2.60. The summed E-state index contributed by atoms with van der Waals surface area (Å²) in [7, 11) is 5.20. The first kappa shape index (κ1) is 17.3. The van der Waals surface area contributed by atoms with E-state index in [-0.39, 0.29) is 11.6 Å². The topological polar surface area (TPSA) is 59.1 Å². The highest BCUT2D eigenvalue weighted by Crippen LogP contribution is 2.35. The Morgan fingerprint density at radius 1 is 1.33 bits per heavy atom. The van der Waals surface area contributed by atoms with Crippen molar-refractivity contribution in [1.82, 2.24) is 9.96 Å². The summed E-state index contributed by atoms with van der Waals surface area (Å²) in [5, 5.41) is 13.8. The second kappa shape index (κ2) is 6.78. The molecule has 3 aliphatic heterocycles. The Kier molecular flexibility index (Phi) is 4.90. The van der Waals surface area contributed by atoms with Crippen molar-refractivity contribution in [2.45, 2.75) is 18.9 Å². The molecule has 0 N–H and O–H groups in total. The van der Waals surface area contributed by atoms with Gasteiger partial charge in [-0.2, -0.15) is 0 Å². The van der Waals surface area contributed by atoms with Crippen LogP contribution in [-0.4, -0.2) is 62.8 Å². The molecule has 0 spiro atoms. The molecule has 2 bridgehead atoms. The summed E-state index contributed by atoms with van der Waals surface area (Å²) in [6, 6.07) is 2.95. The van der Waals surface area contributed by atoms with Gasteiger partial charge in [0.1, 0.15) is 5.75 Å². The van der Waals surface area contributed by atoms with E-state index in [1.165, 1.54) is 13.2 Å². The zero-order valence-corrected chi connectivity index (χ0v) is 15.0. The molecule has 132 valence electrons. The number of halogens is 1. The number of hydroxylamine groups is 2. The van der Waals surface area contributed by atoms with E-state index in [0.29, 0.717) is 28.3 Å². The quantitative estimate of drug-likeness (QED) is 0.779. The predicted octanol–water partition coefficient (Wildman–Crippen LogP) is 2.45. The Morgan fingerprint density at radius 3 is 2.50 bits per heavy atom. The van der Waals surface area contributed by atoms with Gasteiger partial charge in [-0.3, -0.25) is 4.79 Å². The van der Waals surface area contributed by atoms with Gasteiger partial charge in [0, 0.05) is 32.7 Å². The Balaban J connectivity index is 1.87. The van der Waals surface area contributed by atoms with E-state index in [1.807, 2.05) is 19.0 Å². The average molecular weight is 353 g/mol. The maximum absolute atomic E-state index is 12.8. The fourth-order valence-electron chi connectivity index (χ4n) is 3.69. The molecule has 1 amide bonds. The van der Waals surface area contributed by atoms with Crippen LogP contribution < -0.4 is 9.64 Å². The second-order valence-corrected chi connectivity index (χ2v) is 7.14. The number of fused-ring (bicyclic) bond motifs is 3. The minimum atomic E-state index is -0.571. The second-order valence-electron chi connectivity index (χ2n) is 6.73. The SMILES string of the molecule is COc1cc(N(C)C)c(Cl)cc1C(=O)N([O-])C1CN2CCC1CC2. The number of anilines is 1. The molecule has 24 heavy (non-hydrogen) atoms. The number of methoxy groups -OCH3 is 1. The smallest absolute Gasteiger partial charge is 0.247 e. The number of carbonyl (C=O) groups is 1. The molecule has 4 rings (SSSR count). The Bertz CT molecular complexity index is 630. The van der Waals surface area contributed by atoms with Crippen LogP contribution in [0.4, 0.5) is 5.69 Å². The summed E-state index contributed by atoms with van der Waals surface area (Å²) < 4.78 is 5.33. The molecular weight excluding hydrogens is 330 g/mol. The summed E-state index contributed by atoms with van der Waals surface area (Å²) in [4.78, 5) is 16.9. The molecule has 6 nitrogen and oxygen atoms in total. The van der Waals surface area contributed by atoms with Gasteiger partial charge in [-0.05, 0) is 37.9 Å². The van der Waals surface area contributed by atoms with Crippen LogP contribution in [0, 0.1) is 11.1 Å². The highest BCUT2D eigenvalue weighted by Gasteiger charge is 2.36. The highest BCUT2D eigenvalue weighted by molar-refractivity contribution is 6.33. The molecular formula is C17H23ClN3O3-. The number of rotatable bonds is 4. The van der Waals surface area contributed by atoms with Gasteiger partial charge in [-0.15, -0.1) is 0 Å². The number of nitrogens with zero attached hydrogens (tertiary/aromatic N) is 3. The molecule has 0 aliphatic carbocycles. The molecule has 1 aromatic rings.